The van der Waals surface area contributed by atoms with Crippen molar-refractivity contribution >= 4 is 11.9 Å². The molecule has 0 aromatic heterocycles. The lowest BCUT2D eigenvalue weighted by molar-refractivity contribution is 0.319. The Morgan fingerprint density at radius 2 is 2.27 bits per heavy atom. The van der Waals surface area contributed by atoms with Crippen LogP contribution in [0, 0.1) is 0 Å². The van der Waals surface area contributed by atoms with Crippen LogP contribution < -0.4 is 5.84 Å². The Labute approximate surface area is 65.4 Å². The first-order valence-electron chi connectivity index (χ1n) is 3.01. The lowest BCUT2D eigenvalue weighted by Crippen LogP contribution is -2.00. The van der Waals surface area contributed by atoms with Crippen molar-refractivity contribution in [2.75, 3.05) is 0 Å². The highest BCUT2D eigenvalue weighted by molar-refractivity contribution is 6.14. The molecule has 0 aliphatic rings. The second-order valence-electron chi connectivity index (χ2n) is 1.82. The molecular formula is C7H11N3O. The summed E-state index contributed by atoms with van der Waals surface area (Å²) in [4.78, 5) is 0. The molecule has 0 aromatic carbocycles. The molecule has 4 nitrogen and oxygen atoms in total. The first kappa shape index (κ1) is 9.42. The van der Waals surface area contributed by atoms with Gasteiger partial charge in [-0.2, -0.15) is 5.10 Å². The number of hydrazone groups is 1. The molecule has 0 radical (unpaired) electrons. The van der Waals surface area contributed by atoms with Crippen LogP contribution in [0.3, 0.4) is 0 Å². The molecule has 0 heterocycles. The summed E-state index contributed by atoms with van der Waals surface area (Å²) in [6, 6.07) is 0. The molecule has 0 aliphatic carbocycles. The monoisotopic (exact) mass is 153 g/mol. The number of nitrogens with zero attached hydrogens (tertiary/aromatic N) is 2. The van der Waals surface area contributed by atoms with E-state index in [1.54, 1.807) is 19.1 Å². The molecule has 0 aromatic rings. The second kappa shape index (κ2) is 5.22. The van der Waals surface area contributed by atoms with Crippen LogP contribution in [-0.4, -0.2) is 17.1 Å². The predicted octanol–water partition coefficient (Wildman–Crippen LogP) is 0.893. The average Bonchev–Trinajstić information content (AvgIpc) is 2.03. The number of oxime groups is 1. The fourth-order valence-electron chi connectivity index (χ4n) is 0.522. The molecule has 0 saturated carbocycles. The van der Waals surface area contributed by atoms with Gasteiger partial charge in [-0.3, -0.25) is 0 Å². The van der Waals surface area contributed by atoms with Crippen LogP contribution in [0.5, 0.6) is 0 Å². The number of hydrogen-bond donors (Lipinski definition) is 2. The molecule has 0 spiro atoms. The van der Waals surface area contributed by atoms with E-state index in [1.165, 1.54) is 6.21 Å². The maximum absolute atomic E-state index is 8.37. The first-order valence-corrected chi connectivity index (χ1v) is 3.01. The van der Waals surface area contributed by atoms with E-state index >= 15 is 0 Å². The topological polar surface area (TPSA) is 71.0 Å². The predicted molar refractivity (Wildman–Crippen MR) is 45.9 cm³/mol. The lowest BCUT2D eigenvalue weighted by Gasteiger charge is -1.94. The smallest absolute Gasteiger partial charge is 0.0853 e. The number of hydrogen-bond acceptors (Lipinski definition) is 4. The van der Waals surface area contributed by atoms with E-state index in [4.69, 9.17) is 11.0 Å². The van der Waals surface area contributed by atoms with Crippen molar-refractivity contribution in [2.45, 2.75) is 6.92 Å². The SMILES string of the molecule is C=C/C=C(/C=N\N)C(\C)=N/O. The van der Waals surface area contributed by atoms with E-state index < -0.39 is 0 Å². The Morgan fingerprint density at radius 3 is 2.64 bits per heavy atom. The Kier molecular flexibility index (Phi) is 4.47. The minimum absolute atomic E-state index is 0.444. The maximum Gasteiger partial charge on any atom is 0.0853 e. The maximum atomic E-state index is 8.37. The fourth-order valence-corrected chi connectivity index (χ4v) is 0.522. The molecular weight excluding hydrogens is 142 g/mol. The zero-order valence-electron chi connectivity index (χ0n) is 6.36. The van der Waals surface area contributed by atoms with Crippen LogP contribution in [0.25, 0.3) is 0 Å². The van der Waals surface area contributed by atoms with E-state index in [0.717, 1.165) is 0 Å². The van der Waals surface area contributed by atoms with E-state index in [-0.39, 0.29) is 0 Å². The molecule has 0 unspecified atom stereocenters. The second-order valence-corrected chi connectivity index (χ2v) is 1.82. The van der Waals surface area contributed by atoms with Crippen LogP contribution in [0.15, 0.2) is 34.6 Å². The van der Waals surface area contributed by atoms with E-state index in [1.807, 2.05) is 0 Å². The summed E-state index contributed by atoms with van der Waals surface area (Å²) in [5.41, 5.74) is 1.07. The van der Waals surface area contributed by atoms with Gasteiger partial charge >= 0.3 is 0 Å². The van der Waals surface area contributed by atoms with Gasteiger partial charge in [0.15, 0.2) is 0 Å². The molecule has 0 saturated heterocycles. The van der Waals surface area contributed by atoms with Crippen molar-refractivity contribution in [1.29, 1.82) is 0 Å². The highest BCUT2D eigenvalue weighted by atomic mass is 16.4. The summed E-state index contributed by atoms with van der Waals surface area (Å²) >= 11 is 0. The molecule has 0 aliphatic heterocycles. The quantitative estimate of drug-likeness (QED) is 0.208. The van der Waals surface area contributed by atoms with Gasteiger partial charge in [0.1, 0.15) is 0 Å². The van der Waals surface area contributed by atoms with Gasteiger partial charge in [-0.05, 0) is 6.92 Å². The van der Waals surface area contributed by atoms with Gasteiger partial charge in [0.2, 0.25) is 0 Å². The van der Waals surface area contributed by atoms with Gasteiger partial charge in [0.25, 0.3) is 0 Å². The van der Waals surface area contributed by atoms with Crippen LogP contribution in [0.4, 0.5) is 0 Å². The van der Waals surface area contributed by atoms with Gasteiger partial charge in [0, 0.05) is 5.57 Å². The molecule has 3 N–H and O–H groups in total. The van der Waals surface area contributed by atoms with Crippen molar-refractivity contribution in [3.63, 3.8) is 0 Å². The molecule has 60 valence electrons. The largest absolute Gasteiger partial charge is 0.411 e. The summed E-state index contributed by atoms with van der Waals surface area (Å²) < 4.78 is 0. The summed E-state index contributed by atoms with van der Waals surface area (Å²) in [6.45, 7) is 5.12. The van der Waals surface area contributed by atoms with E-state index in [9.17, 15) is 0 Å². The Hall–Kier alpha value is -1.58. The van der Waals surface area contributed by atoms with Crippen LogP contribution in [0.2, 0.25) is 0 Å². The zero-order valence-corrected chi connectivity index (χ0v) is 6.36. The third-order valence-electron chi connectivity index (χ3n) is 1.08. The fraction of sp³-hybridized carbons (Fsp3) is 0.143. The van der Waals surface area contributed by atoms with Gasteiger partial charge < -0.3 is 11.0 Å². The molecule has 0 fully saturated rings. The average molecular weight is 153 g/mol. The van der Waals surface area contributed by atoms with Crippen molar-refractivity contribution in [3.05, 3.63) is 24.3 Å². The molecule has 0 bridgehead atoms. The van der Waals surface area contributed by atoms with Gasteiger partial charge in [-0.25, -0.2) is 0 Å². The van der Waals surface area contributed by atoms with Crippen LogP contribution >= 0.6 is 0 Å². The molecule has 11 heavy (non-hydrogen) atoms. The molecule has 0 atom stereocenters. The molecule has 4 heteroatoms. The van der Waals surface area contributed by atoms with Crippen molar-refractivity contribution in [3.8, 4) is 0 Å². The third kappa shape index (κ3) is 3.20. The summed E-state index contributed by atoms with van der Waals surface area (Å²) in [5, 5.41) is 14.6. The lowest BCUT2D eigenvalue weighted by atomic mass is 10.2. The number of rotatable bonds is 3. The molecule has 0 amide bonds. The summed E-state index contributed by atoms with van der Waals surface area (Å²) in [6.07, 6.45) is 4.59. The van der Waals surface area contributed by atoms with E-state index in [0.29, 0.717) is 11.3 Å². The third-order valence-corrected chi connectivity index (χ3v) is 1.08. The van der Waals surface area contributed by atoms with Gasteiger partial charge in [-0.15, -0.1) is 0 Å². The Balaban J connectivity index is 4.61. The highest BCUT2D eigenvalue weighted by Crippen LogP contribution is 1.94. The van der Waals surface area contributed by atoms with Crippen molar-refractivity contribution in [2.24, 2.45) is 16.1 Å². The number of allylic oxidation sites excluding steroid dienone is 3. The van der Waals surface area contributed by atoms with Crippen LogP contribution in [-0.2, 0) is 0 Å². The minimum Gasteiger partial charge on any atom is -0.411 e. The van der Waals surface area contributed by atoms with E-state index in [2.05, 4.69) is 16.8 Å². The van der Waals surface area contributed by atoms with Crippen molar-refractivity contribution < 1.29 is 5.21 Å². The highest BCUT2D eigenvalue weighted by Gasteiger charge is 1.95. The Bertz CT molecular complexity index is 216. The first-order chi connectivity index (χ1) is 5.26. The van der Waals surface area contributed by atoms with Crippen molar-refractivity contribution in [1.82, 2.24) is 0 Å². The standard InChI is InChI=1S/C7H11N3O/c1-3-4-7(5-9-8)6(2)10-11/h3-5,11H,1,8H2,2H3/b7-4-,9-5-,10-6-. The van der Waals surface area contributed by atoms with Gasteiger partial charge in [-0.1, -0.05) is 23.9 Å². The molecule has 0 rings (SSSR count). The zero-order chi connectivity index (χ0) is 8.69. The number of nitrogens with two attached hydrogens (primary N) is 1. The Morgan fingerprint density at radius 1 is 1.64 bits per heavy atom. The summed E-state index contributed by atoms with van der Waals surface area (Å²) in [5.74, 6) is 4.91. The minimum atomic E-state index is 0.444. The summed E-state index contributed by atoms with van der Waals surface area (Å²) in [7, 11) is 0. The normalized spacial score (nSPS) is 13.9. The van der Waals surface area contributed by atoms with Gasteiger partial charge in [0.05, 0.1) is 11.9 Å². The van der Waals surface area contributed by atoms with Crippen LogP contribution in [0.1, 0.15) is 6.92 Å².